The summed E-state index contributed by atoms with van der Waals surface area (Å²) in [6, 6.07) is 8.50. The molecule has 1 unspecified atom stereocenters. The van der Waals surface area contributed by atoms with Crippen molar-refractivity contribution in [2.24, 2.45) is 5.73 Å². The molecule has 0 saturated carbocycles. The smallest absolute Gasteiger partial charge is 0.251 e. The average Bonchev–Trinajstić information content (AvgIpc) is 2.92. The molecule has 1 heterocycles. The lowest BCUT2D eigenvalue weighted by Crippen LogP contribution is -2.35. The van der Waals surface area contributed by atoms with Crippen LogP contribution in [0.2, 0.25) is 0 Å². The Labute approximate surface area is 159 Å². The van der Waals surface area contributed by atoms with Crippen LogP contribution in [-0.4, -0.2) is 34.5 Å². The molecule has 9 heteroatoms. The molecule has 4 N–H and O–H groups in total. The molecule has 138 valence electrons. The van der Waals surface area contributed by atoms with E-state index in [1.54, 1.807) is 38.1 Å². The number of anilines is 1. The summed E-state index contributed by atoms with van der Waals surface area (Å²) in [6.45, 7) is 3.57. The van der Waals surface area contributed by atoms with Crippen LogP contribution in [0.15, 0.2) is 34.5 Å². The predicted molar refractivity (Wildman–Crippen MR) is 103 cm³/mol. The summed E-state index contributed by atoms with van der Waals surface area (Å²) in [7, 11) is 0. The first-order valence-electron chi connectivity index (χ1n) is 7.89. The van der Waals surface area contributed by atoms with Crippen molar-refractivity contribution in [2.75, 3.05) is 11.1 Å². The van der Waals surface area contributed by atoms with Gasteiger partial charge in [0.05, 0.1) is 15.7 Å². The van der Waals surface area contributed by atoms with Crippen molar-refractivity contribution >= 4 is 46.0 Å². The molecule has 0 aliphatic rings. The Hall–Kier alpha value is -2.39. The summed E-state index contributed by atoms with van der Waals surface area (Å²) in [5.41, 5.74) is 6.42. The van der Waals surface area contributed by atoms with Crippen LogP contribution in [0, 0.1) is 6.92 Å². The second-order valence-corrected chi connectivity index (χ2v) is 7.88. The van der Waals surface area contributed by atoms with Gasteiger partial charge in [-0.25, -0.2) is 4.98 Å². The molecule has 0 fully saturated rings. The molecular weight excluding hydrogens is 372 g/mol. The Balaban J connectivity index is 1.85. The maximum Gasteiger partial charge on any atom is 0.251 e. The minimum Gasteiger partial charge on any atom is -0.369 e. The molecule has 2 rings (SSSR count). The van der Waals surface area contributed by atoms with Gasteiger partial charge in [0, 0.05) is 18.0 Å². The topological polar surface area (TPSA) is 114 Å². The third-order valence-corrected chi connectivity index (χ3v) is 5.71. The van der Waals surface area contributed by atoms with Gasteiger partial charge in [-0.2, -0.15) is 0 Å². The van der Waals surface area contributed by atoms with Gasteiger partial charge < -0.3 is 16.4 Å². The number of amides is 3. The van der Waals surface area contributed by atoms with Gasteiger partial charge in [-0.1, -0.05) is 29.5 Å². The summed E-state index contributed by atoms with van der Waals surface area (Å²) in [6.07, 6.45) is 0.126. The quantitative estimate of drug-likeness (QED) is 0.596. The minimum absolute atomic E-state index is 0.126. The predicted octanol–water partition coefficient (Wildman–Crippen LogP) is 2.18. The number of hydrogen-bond acceptors (Lipinski definition) is 6. The summed E-state index contributed by atoms with van der Waals surface area (Å²) >= 11 is 2.59. The fourth-order valence-electron chi connectivity index (χ4n) is 2.10. The molecule has 3 amide bonds. The lowest BCUT2D eigenvalue weighted by molar-refractivity contribution is -0.117. The molecule has 0 bridgehead atoms. The number of carbonyl (C=O) groups excluding carboxylic acids is 3. The molecule has 1 aromatic carbocycles. The van der Waals surface area contributed by atoms with Gasteiger partial charge in [0.15, 0.2) is 5.13 Å². The lowest BCUT2D eigenvalue weighted by atomic mass is 10.1. The van der Waals surface area contributed by atoms with Crippen molar-refractivity contribution < 1.29 is 14.4 Å². The fourth-order valence-corrected chi connectivity index (χ4v) is 4.00. The van der Waals surface area contributed by atoms with Gasteiger partial charge in [-0.05, 0) is 26.0 Å². The Kier molecular flexibility index (Phi) is 7.16. The number of hydrogen-bond donors (Lipinski definition) is 3. The molecule has 2 aromatic rings. The average molecular weight is 393 g/mol. The van der Waals surface area contributed by atoms with Gasteiger partial charge in [0.25, 0.3) is 5.91 Å². The number of nitrogens with two attached hydrogens (primary N) is 1. The van der Waals surface area contributed by atoms with Crippen molar-refractivity contribution in [1.82, 2.24) is 10.3 Å². The van der Waals surface area contributed by atoms with Gasteiger partial charge in [-0.3, -0.25) is 14.4 Å². The monoisotopic (exact) mass is 392 g/mol. The van der Waals surface area contributed by atoms with E-state index >= 15 is 0 Å². The minimum atomic E-state index is -0.406. The zero-order chi connectivity index (χ0) is 19.1. The van der Waals surface area contributed by atoms with Gasteiger partial charge >= 0.3 is 0 Å². The molecular formula is C17H20N4O3S2. The van der Waals surface area contributed by atoms with Gasteiger partial charge in [0.2, 0.25) is 11.8 Å². The molecule has 0 spiro atoms. The fraction of sp³-hybridized carbons (Fsp3) is 0.294. The number of nitrogens with zero attached hydrogens (tertiary/aromatic N) is 1. The number of thiazole rings is 1. The summed E-state index contributed by atoms with van der Waals surface area (Å²) < 4.78 is 0.838. The molecule has 1 atom stereocenters. The van der Waals surface area contributed by atoms with Crippen molar-refractivity contribution in [3.63, 3.8) is 0 Å². The molecule has 0 radical (unpaired) electrons. The van der Waals surface area contributed by atoms with Crippen LogP contribution in [0.5, 0.6) is 0 Å². The number of benzene rings is 1. The highest BCUT2D eigenvalue weighted by molar-refractivity contribution is 8.01. The SMILES string of the molecule is Cc1nc(NC(=O)CC(C)NC(=O)c2ccccc2)sc1SCC(N)=O. The Morgan fingerprint density at radius 2 is 1.96 bits per heavy atom. The van der Waals surface area contributed by atoms with Crippen LogP contribution in [-0.2, 0) is 9.59 Å². The van der Waals surface area contributed by atoms with E-state index in [0.29, 0.717) is 10.7 Å². The third kappa shape index (κ3) is 6.16. The summed E-state index contributed by atoms with van der Waals surface area (Å²) in [5.74, 6) is -0.706. The van der Waals surface area contributed by atoms with Crippen molar-refractivity contribution in [3.05, 3.63) is 41.6 Å². The van der Waals surface area contributed by atoms with Gasteiger partial charge in [-0.15, -0.1) is 11.8 Å². The van der Waals surface area contributed by atoms with Crippen LogP contribution in [0.3, 0.4) is 0 Å². The number of aromatic nitrogens is 1. The van der Waals surface area contributed by atoms with E-state index in [4.69, 9.17) is 5.73 Å². The van der Waals surface area contributed by atoms with Crippen LogP contribution in [0.4, 0.5) is 5.13 Å². The lowest BCUT2D eigenvalue weighted by Gasteiger charge is -2.13. The van der Waals surface area contributed by atoms with Crippen molar-refractivity contribution in [2.45, 2.75) is 30.5 Å². The zero-order valence-electron chi connectivity index (χ0n) is 14.4. The Morgan fingerprint density at radius 1 is 1.27 bits per heavy atom. The van der Waals surface area contributed by atoms with Crippen LogP contribution < -0.4 is 16.4 Å². The first-order valence-corrected chi connectivity index (χ1v) is 9.69. The normalized spacial score (nSPS) is 11.6. The second-order valence-electron chi connectivity index (χ2n) is 5.64. The molecule has 0 saturated heterocycles. The molecule has 1 aromatic heterocycles. The number of nitrogens with one attached hydrogen (secondary N) is 2. The van der Waals surface area contributed by atoms with Crippen LogP contribution in [0.25, 0.3) is 0 Å². The number of thioether (sulfide) groups is 1. The largest absolute Gasteiger partial charge is 0.369 e. The van der Waals surface area contributed by atoms with Crippen LogP contribution in [0.1, 0.15) is 29.4 Å². The highest BCUT2D eigenvalue weighted by Gasteiger charge is 2.16. The Morgan fingerprint density at radius 3 is 2.62 bits per heavy atom. The van der Waals surface area contributed by atoms with E-state index in [2.05, 4.69) is 15.6 Å². The van der Waals surface area contributed by atoms with E-state index in [9.17, 15) is 14.4 Å². The molecule has 0 aliphatic carbocycles. The third-order valence-electron chi connectivity index (χ3n) is 3.25. The number of rotatable bonds is 8. The number of carbonyl (C=O) groups is 3. The second kappa shape index (κ2) is 9.35. The molecule has 7 nitrogen and oxygen atoms in total. The van der Waals surface area contributed by atoms with Crippen LogP contribution >= 0.6 is 23.1 Å². The van der Waals surface area contributed by atoms with E-state index < -0.39 is 5.91 Å². The summed E-state index contributed by atoms with van der Waals surface area (Å²) in [4.78, 5) is 39.4. The number of primary amides is 1. The highest BCUT2D eigenvalue weighted by atomic mass is 32.2. The van der Waals surface area contributed by atoms with Crippen molar-refractivity contribution in [1.29, 1.82) is 0 Å². The van der Waals surface area contributed by atoms with E-state index in [-0.39, 0.29) is 30.0 Å². The zero-order valence-corrected chi connectivity index (χ0v) is 16.1. The van der Waals surface area contributed by atoms with Gasteiger partial charge in [0.1, 0.15) is 0 Å². The standard InChI is InChI=1S/C17H20N4O3S2/c1-10(19-15(24)12-6-4-3-5-7-12)8-14(23)21-17-20-11(2)16(26-17)25-9-13(18)22/h3-7,10H,8-9H2,1-2H3,(H2,18,22)(H,19,24)(H,20,21,23). The first-order chi connectivity index (χ1) is 12.3. The molecule has 26 heavy (non-hydrogen) atoms. The van der Waals surface area contributed by atoms with E-state index in [0.717, 1.165) is 9.90 Å². The first kappa shape index (κ1) is 19.9. The Bertz CT molecular complexity index is 793. The van der Waals surface area contributed by atoms with E-state index in [1.165, 1.54) is 23.1 Å². The van der Waals surface area contributed by atoms with E-state index in [1.807, 2.05) is 6.07 Å². The maximum atomic E-state index is 12.2. The number of aryl methyl sites for hydroxylation is 1. The maximum absolute atomic E-state index is 12.2. The summed E-state index contributed by atoms with van der Waals surface area (Å²) in [5, 5.41) is 5.97. The highest BCUT2D eigenvalue weighted by Crippen LogP contribution is 2.31. The van der Waals surface area contributed by atoms with Crippen molar-refractivity contribution in [3.8, 4) is 0 Å². The molecule has 0 aliphatic heterocycles.